The number of amides is 1. The van der Waals surface area contributed by atoms with Crippen LogP contribution in [0.1, 0.15) is 44.4 Å². The molecule has 3 heterocycles. The zero-order valence-corrected chi connectivity index (χ0v) is 18.1. The Bertz CT molecular complexity index is 1180. The van der Waals surface area contributed by atoms with Crippen LogP contribution in [-0.4, -0.2) is 58.0 Å². The van der Waals surface area contributed by atoms with Crippen LogP contribution < -0.4 is 10.9 Å². The van der Waals surface area contributed by atoms with Gasteiger partial charge in [-0.15, -0.1) is 11.3 Å². The number of esters is 1. The highest BCUT2D eigenvalue weighted by Gasteiger charge is 2.23. The number of carbonyl (C=O) groups is 2. The molecule has 0 radical (unpaired) electrons. The number of rotatable bonds is 5. The lowest BCUT2D eigenvalue weighted by Gasteiger charge is -2.31. The van der Waals surface area contributed by atoms with Gasteiger partial charge in [-0.2, -0.15) is 0 Å². The minimum Gasteiger partial charge on any atom is -0.465 e. The van der Waals surface area contributed by atoms with Crippen LogP contribution in [0.25, 0.3) is 10.9 Å². The second-order valence-electron chi connectivity index (χ2n) is 7.53. The number of aryl methyl sites for hydroxylation is 1. The summed E-state index contributed by atoms with van der Waals surface area (Å²) in [7, 11) is 1.31. The number of ether oxygens (including phenoxy) is 1. The van der Waals surface area contributed by atoms with E-state index in [0.717, 1.165) is 31.6 Å². The summed E-state index contributed by atoms with van der Waals surface area (Å²) in [4.78, 5) is 50.9. The molecule has 0 aliphatic carbocycles. The second-order valence-corrected chi connectivity index (χ2v) is 8.38. The molecular formula is C21H23N5O4S. The lowest BCUT2D eigenvalue weighted by atomic mass is 10.0. The third kappa shape index (κ3) is 4.64. The van der Waals surface area contributed by atoms with Crippen LogP contribution in [-0.2, 0) is 11.3 Å². The van der Waals surface area contributed by atoms with Crippen LogP contribution in [0.4, 0.5) is 0 Å². The van der Waals surface area contributed by atoms with E-state index in [2.05, 4.69) is 25.2 Å². The SMILES string of the molecule is COC(=O)c1ccc2c(=O)[nH]c(CN3CCC(NC(=O)c4scnc4C)CC3)nc2c1. The highest BCUT2D eigenvalue weighted by Crippen LogP contribution is 2.17. The summed E-state index contributed by atoms with van der Waals surface area (Å²) in [5.74, 6) is 0.00541. The number of piperidine rings is 1. The number of methoxy groups -OCH3 is 1. The lowest BCUT2D eigenvalue weighted by molar-refractivity contribution is 0.0600. The normalized spacial score (nSPS) is 15.2. The number of nitrogens with one attached hydrogen (secondary N) is 2. The summed E-state index contributed by atoms with van der Waals surface area (Å²) in [6.07, 6.45) is 1.63. The number of thiazole rings is 1. The van der Waals surface area contributed by atoms with E-state index in [1.165, 1.54) is 18.4 Å². The summed E-state index contributed by atoms with van der Waals surface area (Å²) < 4.78 is 4.74. The average Bonchev–Trinajstić information content (AvgIpc) is 3.20. The van der Waals surface area contributed by atoms with Gasteiger partial charge in [0.1, 0.15) is 10.7 Å². The Morgan fingerprint density at radius 1 is 1.32 bits per heavy atom. The molecule has 1 saturated heterocycles. The number of hydrogen-bond acceptors (Lipinski definition) is 8. The highest BCUT2D eigenvalue weighted by molar-refractivity contribution is 7.11. The molecule has 1 fully saturated rings. The van der Waals surface area contributed by atoms with Gasteiger partial charge in [-0.05, 0) is 38.0 Å². The maximum atomic E-state index is 12.4. The first-order valence-electron chi connectivity index (χ1n) is 9.99. The molecule has 10 heteroatoms. The molecule has 2 N–H and O–H groups in total. The van der Waals surface area contributed by atoms with E-state index in [4.69, 9.17) is 4.74 Å². The molecular weight excluding hydrogens is 418 g/mol. The molecule has 3 aromatic rings. The molecule has 1 aromatic carbocycles. The topological polar surface area (TPSA) is 117 Å². The molecule has 1 aliphatic heterocycles. The zero-order chi connectivity index (χ0) is 22.0. The standard InChI is InChI=1S/C21H23N5O4S/c1-12-18(31-11-22-12)20(28)23-14-5-7-26(8-6-14)10-17-24-16-9-13(21(29)30-2)3-4-15(16)19(27)25-17/h3-4,9,11,14H,5-8,10H2,1-2H3,(H,23,28)(H,24,25,27). The van der Waals surface area contributed by atoms with E-state index in [0.29, 0.717) is 33.7 Å². The van der Waals surface area contributed by atoms with Gasteiger partial charge >= 0.3 is 5.97 Å². The van der Waals surface area contributed by atoms with Gasteiger partial charge in [-0.3, -0.25) is 14.5 Å². The van der Waals surface area contributed by atoms with Gasteiger partial charge in [0.15, 0.2) is 0 Å². The number of fused-ring (bicyclic) bond motifs is 1. The summed E-state index contributed by atoms with van der Waals surface area (Å²) in [6, 6.07) is 4.81. The van der Waals surface area contributed by atoms with Crippen LogP contribution in [0.2, 0.25) is 0 Å². The molecule has 0 spiro atoms. The number of carbonyl (C=O) groups excluding carboxylic acids is 2. The Morgan fingerprint density at radius 3 is 2.77 bits per heavy atom. The molecule has 1 amide bonds. The van der Waals surface area contributed by atoms with Gasteiger partial charge in [-0.25, -0.2) is 14.8 Å². The van der Waals surface area contributed by atoms with Crippen molar-refractivity contribution in [2.75, 3.05) is 20.2 Å². The van der Waals surface area contributed by atoms with Crippen LogP contribution in [0.5, 0.6) is 0 Å². The van der Waals surface area contributed by atoms with Crippen molar-refractivity contribution >= 4 is 34.1 Å². The third-order valence-corrected chi connectivity index (χ3v) is 6.35. The van der Waals surface area contributed by atoms with Crippen molar-refractivity contribution in [1.82, 2.24) is 25.2 Å². The Labute approximate surface area is 182 Å². The smallest absolute Gasteiger partial charge is 0.337 e. The molecule has 0 atom stereocenters. The average molecular weight is 442 g/mol. The van der Waals surface area contributed by atoms with E-state index in [9.17, 15) is 14.4 Å². The van der Waals surface area contributed by atoms with Gasteiger partial charge in [0.05, 0.1) is 41.3 Å². The van der Waals surface area contributed by atoms with Crippen molar-refractivity contribution in [2.24, 2.45) is 0 Å². The molecule has 1 aliphatic rings. The Hall–Kier alpha value is -3.11. The van der Waals surface area contributed by atoms with Crippen molar-refractivity contribution in [3.63, 3.8) is 0 Å². The van der Waals surface area contributed by atoms with Gasteiger partial charge < -0.3 is 15.0 Å². The second kappa shape index (κ2) is 8.94. The van der Waals surface area contributed by atoms with E-state index < -0.39 is 5.97 Å². The Kier molecular flexibility index (Phi) is 6.10. The number of likely N-dealkylation sites (tertiary alicyclic amines) is 1. The number of aromatic nitrogens is 3. The highest BCUT2D eigenvalue weighted by atomic mass is 32.1. The van der Waals surface area contributed by atoms with Crippen LogP contribution in [0, 0.1) is 6.92 Å². The molecule has 0 bridgehead atoms. The summed E-state index contributed by atoms with van der Waals surface area (Å²) in [5, 5.41) is 3.52. The first-order chi connectivity index (χ1) is 14.9. The predicted octanol–water partition coefficient (Wildman–Crippen LogP) is 1.87. The molecule has 0 unspecified atom stereocenters. The maximum Gasteiger partial charge on any atom is 0.337 e. The molecule has 9 nitrogen and oxygen atoms in total. The number of aromatic amines is 1. The molecule has 0 saturated carbocycles. The van der Waals surface area contributed by atoms with E-state index in [-0.39, 0.29) is 17.5 Å². The van der Waals surface area contributed by atoms with Crippen LogP contribution >= 0.6 is 11.3 Å². The Balaban J connectivity index is 1.40. The fraction of sp³-hybridized carbons (Fsp3) is 0.381. The van der Waals surface area contributed by atoms with Crippen molar-refractivity contribution in [3.8, 4) is 0 Å². The summed E-state index contributed by atoms with van der Waals surface area (Å²) in [5.41, 5.74) is 3.01. The molecule has 4 rings (SSSR count). The summed E-state index contributed by atoms with van der Waals surface area (Å²) >= 11 is 1.35. The number of nitrogens with zero attached hydrogens (tertiary/aromatic N) is 3. The van der Waals surface area contributed by atoms with Gasteiger partial charge in [0.25, 0.3) is 11.5 Å². The fourth-order valence-electron chi connectivity index (χ4n) is 3.73. The van der Waals surface area contributed by atoms with Crippen molar-refractivity contribution in [2.45, 2.75) is 32.4 Å². The van der Waals surface area contributed by atoms with Gasteiger partial charge in [0, 0.05) is 19.1 Å². The third-order valence-electron chi connectivity index (χ3n) is 5.42. The fourth-order valence-corrected chi connectivity index (χ4v) is 4.43. The lowest BCUT2D eigenvalue weighted by Crippen LogP contribution is -2.44. The monoisotopic (exact) mass is 441 g/mol. The Morgan fingerprint density at radius 2 is 2.10 bits per heavy atom. The number of H-pyrrole nitrogens is 1. The minimum atomic E-state index is -0.469. The number of hydrogen-bond donors (Lipinski definition) is 2. The van der Waals surface area contributed by atoms with Crippen molar-refractivity contribution in [3.05, 3.63) is 56.0 Å². The van der Waals surface area contributed by atoms with Gasteiger partial charge in [0.2, 0.25) is 0 Å². The number of benzene rings is 1. The maximum absolute atomic E-state index is 12.4. The van der Waals surface area contributed by atoms with Crippen LogP contribution in [0.15, 0.2) is 28.5 Å². The zero-order valence-electron chi connectivity index (χ0n) is 17.3. The first kappa shape index (κ1) is 21.1. The van der Waals surface area contributed by atoms with E-state index in [1.54, 1.807) is 23.7 Å². The van der Waals surface area contributed by atoms with E-state index >= 15 is 0 Å². The van der Waals surface area contributed by atoms with E-state index in [1.807, 2.05) is 6.92 Å². The molecule has 162 valence electrons. The largest absolute Gasteiger partial charge is 0.465 e. The predicted molar refractivity (Wildman–Crippen MR) is 116 cm³/mol. The van der Waals surface area contributed by atoms with Gasteiger partial charge in [-0.1, -0.05) is 0 Å². The minimum absolute atomic E-state index is 0.0691. The van der Waals surface area contributed by atoms with Crippen molar-refractivity contribution in [1.29, 1.82) is 0 Å². The van der Waals surface area contributed by atoms with Crippen molar-refractivity contribution < 1.29 is 14.3 Å². The molecule has 31 heavy (non-hydrogen) atoms. The summed E-state index contributed by atoms with van der Waals surface area (Å²) in [6.45, 7) is 3.87. The first-order valence-corrected chi connectivity index (χ1v) is 10.9. The molecule has 2 aromatic heterocycles. The quantitative estimate of drug-likeness (QED) is 0.581. The van der Waals surface area contributed by atoms with Crippen LogP contribution in [0.3, 0.4) is 0 Å².